The van der Waals surface area contributed by atoms with Crippen LogP contribution in [0.15, 0.2) is 41.1 Å². The average Bonchev–Trinajstić information content (AvgIpc) is 2.75. The molecule has 2 rings (SSSR count). The maximum atomic E-state index is 13.6. The molecule has 9 heteroatoms. The molecule has 0 aliphatic carbocycles. The molecule has 0 amide bonds. The first kappa shape index (κ1) is 18.0. The van der Waals surface area contributed by atoms with Crippen LogP contribution in [0.25, 0.3) is 0 Å². The zero-order valence-corrected chi connectivity index (χ0v) is 12.4. The summed E-state index contributed by atoms with van der Waals surface area (Å²) in [6.07, 6.45) is -9.32. The second-order valence-corrected chi connectivity index (χ2v) is 5.14. The number of allylic oxidation sites excluding steroid dienone is 1. The minimum atomic E-state index is -5.03. The highest BCUT2D eigenvalue weighted by Gasteiger charge is 2.58. The standard InChI is InChI=1S/C15H11F6NO2/c1-8-12(24-9(2)23)7-13(22-8,15(19,20)21)10-4-3-5-11(6-10)14(16,17)18/h3-7H,1-2H3. The zero-order chi connectivity index (χ0) is 18.3. The van der Waals surface area contributed by atoms with Crippen molar-refractivity contribution in [3.05, 3.63) is 47.2 Å². The van der Waals surface area contributed by atoms with Crippen molar-refractivity contribution < 1.29 is 35.9 Å². The molecule has 0 N–H and O–H groups in total. The highest BCUT2D eigenvalue weighted by atomic mass is 19.4. The summed E-state index contributed by atoms with van der Waals surface area (Å²) in [6, 6.07) is 2.81. The van der Waals surface area contributed by atoms with Crippen molar-refractivity contribution >= 4 is 11.7 Å². The van der Waals surface area contributed by atoms with Crippen LogP contribution in [0, 0.1) is 0 Å². The molecule has 1 unspecified atom stereocenters. The number of aliphatic imine (C=N–C) groups is 1. The highest BCUT2D eigenvalue weighted by Crippen LogP contribution is 2.48. The second-order valence-electron chi connectivity index (χ2n) is 5.14. The van der Waals surface area contributed by atoms with E-state index in [4.69, 9.17) is 0 Å². The van der Waals surface area contributed by atoms with Crippen LogP contribution in [0.1, 0.15) is 25.0 Å². The van der Waals surface area contributed by atoms with Gasteiger partial charge in [0.1, 0.15) is 0 Å². The quantitative estimate of drug-likeness (QED) is 0.586. The summed E-state index contributed by atoms with van der Waals surface area (Å²) >= 11 is 0. The molecule has 0 saturated heterocycles. The van der Waals surface area contributed by atoms with E-state index in [0.717, 1.165) is 19.1 Å². The Labute approximate surface area is 132 Å². The topological polar surface area (TPSA) is 38.7 Å². The van der Waals surface area contributed by atoms with Gasteiger partial charge < -0.3 is 4.74 Å². The maximum absolute atomic E-state index is 13.6. The molecule has 3 nitrogen and oxygen atoms in total. The number of hydrogen-bond acceptors (Lipinski definition) is 3. The summed E-state index contributed by atoms with van der Waals surface area (Å²) in [7, 11) is 0. The van der Waals surface area contributed by atoms with Crippen LogP contribution in [-0.2, 0) is 21.2 Å². The van der Waals surface area contributed by atoms with Crippen LogP contribution < -0.4 is 0 Å². The van der Waals surface area contributed by atoms with Gasteiger partial charge in [0, 0.05) is 13.0 Å². The third-order valence-corrected chi connectivity index (χ3v) is 3.36. The van der Waals surface area contributed by atoms with Gasteiger partial charge in [-0.25, -0.2) is 0 Å². The largest absolute Gasteiger partial charge is 0.425 e. The van der Waals surface area contributed by atoms with E-state index in [1.807, 2.05) is 0 Å². The first-order chi connectivity index (χ1) is 10.9. The van der Waals surface area contributed by atoms with Crippen LogP contribution in [0.4, 0.5) is 26.3 Å². The van der Waals surface area contributed by atoms with Gasteiger partial charge in [-0.3, -0.25) is 9.79 Å². The number of benzene rings is 1. The Hall–Kier alpha value is -2.32. The molecule has 0 fully saturated rings. The molecule has 24 heavy (non-hydrogen) atoms. The summed E-state index contributed by atoms with van der Waals surface area (Å²) < 4.78 is 84.0. The third-order valence-electron chi connectivity index (χ3n) is 3.36. The Balaban J connectivity index is 2.65. The molecular weight excluding hydrogens is 340 g/mol. The molecule has 0 spiro atoms. The molecule has 1 aromatic carbocycles. The number of nitrogens with zero attached hydrogens (tertiary/aromatic N) is 1. The lowest BCUT2D eigenvalue weighted by atomic mass is 9.89. The van der Waals surface area contributed by atoms with Crippen LogP contribution in [0.5, 0.6) is 0 Å². The SMILES string of the molecule is CC(=O)OC1=CC(c2cccc(C(F)(F)F)c2)(C(F)(F)F)N=C1C. The summed E-state index contributed by atoms with van der Waals surface area (Å²) in [6.45, 7) is 2.17. The third kappa shape index (κ3) is 3.15. The van der Waals surface area contributed by atoms with E-state index in [1.54, 1.807) is 0 Å². The number of halogens is 6. The fraction of sp³-hybridized carbons (Fsp3) is 0.333. The maximum Gasteiger partial charge on any atom is 0.421 e. The molecule has 1 aliphatic rings. The normalized spacial score (nSPS) is 21.3. The molecule has 130 valence electrons. The highest BCUT2D eigenvalue weighted by molar-refractivity contribution is 6.01. The van der Waals surface area contributed by atoms with Crippen molar-refractivity contribution in [2.75, 3.05) is 0 Å². The van der Waals surface area contributed by atoms with Gasteiger partial charge in [0.05, 0.1) is 11.3 Å². The van der Waals surface area contributed by atoms with Gasteiger partial charge in [0.2, 0.25) is 5.54 Å². The fourth-order valence-electron chi connectivity index (χ4n) is 2.29. The van der Waals surface area contributed by atoms with E-state index in [-0.39, 0.29) is 5.71 Å². The van der Waals surface area contributed by atoms with Crippen molar-refractivity contribution in [3.8, 4) is 0 Å². The molecule has 1 aromatic rings. The minimum absolute atomic E-state index is 0.236. The van der Waals surface area contributed by atoms with Gasteiger partial charge in [-0.2, -0.15) is 26.3 Å². The Kier molecular flexibility index (Phi) is 4.24. The molecule has 1 atom stereocenters. The van der Waals surface area contributed by atoms with Crippen LogP contribution in [0.3, 0.4) is 0 Å². The zero-order valence-electron chi connectivity index (χ0n) is 12.4. The predicted molar refractivity (Wildman–Crippen MR) is 72.1 cm³/mol. The van der Waals surface area contributed by atoms with Crippen molar-refractivity contribution in [1.29, 1.82) is 0 Å². The van der Waals surface area contributed by atoms with Crippen molar-refractivity contribution in [2.45, 2.75) is 31.7 Å². The Morgan fingerprint density at radius 1 is 1.17 bits per heavy atom. The van der Waals surface area contributed by atoms with Crippen molar-refractivity contribution in [1.82, 2.24) is 0 Å². The Morgan fingerprint density at radius 2 is 1.79 bits per heavy atom. The van der Waals surface area contributed by atoms with Gasteiger partial charge in [0.15, 0.2) is 5.76 Å². The van der Waals surface area contributed by atoms with Crippen molar-refractivity contribution in [2.24, 2.45) is 4.99 Å². The van der Waals surface area contributed by atoms with Gasteiger partial charge in [-0.1, -0.05) is 12.1 Å². The Bertz CT molecular complexity index is 732. The van der Waals surface area contributed by atoms with Crippen LogP contribution >= 0.6 is 0 Å². The molecule has 1 aliphatic heterocycles. The molecule has 0 aromatic heterocycles. The van der Waals surface area contributed by atoms with Gasteiger partial charge >= 0.3 is 18.3 Å². The molecule has 0 saturated carbocycles. The van der Waals surface area contributed by atoms with Gasteiger partial charge in [-0.15, -0.1) is 0 Å². The molecule has 0 bridgehead atoms. The van der Waals surface area contributed by atoms with Crippen LogP contribution in [0.2, 0.25) is 0 Å². The van der Waals surface area contributed by atoms with E-state index in [2.05, 4.69) is 9.73 Å². The predicted octanol–water partition coefficient (Wildman–Crippen LogP) is 4.38. The molecule has 1 heterocycles. The Morgan fingerprint density at radius 3 is 2.29 bits per heavy atom. The average molecular weight is 351 g/mol. The number of esters is 1. The van der Waals surface area contributed by atoms with Crippen LogP contribution in [-0.4, -0.2) is 17.9 Å². The van der Waals surface area contributed by atoms with E-state index >= 15 is 0 Å². The van der Waals surface area contributed by atoms with E-state index < -0.39 is 40.7 Å². The number of carbonyl (C=O) groups is 1. The molecular formula is C15H11F6NO2. The first-order valence-corrected chi connectivity index (χ1v) is 6.59. The number of rotatable bonds is 2. The lowest BCUT2D eigenvalue weighted by Gasteiger charge is -2.28. The fourth-order valence-corrected chi connectivity index (χ4v) is 2.29. The van der Waals surface area contributed by atoms with Gasteiger partial charge in [-0.05, 0) is 24.6 Å². The summed E-state index contributed by atoms with van der Waals surface area (Å²) in [5.74, 6) is -1.30. The van der Waals surface area contributed by atoms with Gasteiger partial charge in [0.25, 0.3) is 0 Å². The van der Waals surface area contributed by atoms with E-state index in [0.29, 0.717) is 18.2 Å². The summed E-state index contributed by atoms with van der Waals surface area (Å²) in [5, 5.41) is 0. The summed E-state index contributed by atoms with van der Waals surface area (Å²) in [5.41, 5.74) is -5.22. The van der Waals surface area contributed by atoms with E-state index in [9.17, 15) is 31.1 Å². The minimum Gasteiger partial charge on any atom is -0.425 e. The monoisotopic (exact) mass is 351 g/mol. The molecule has 0 radical (unpaired) electrons. The number of alkyl halides is 6. The van der Waals surface area contributed by atoms with Crippen molar-refractivity contribution in [3.63, 3.8) is 0 Å². The summed E-state index contributed by atoms with van der Waals surface area (Å²) in [4.78, 5) is 14.5. The lowest BCUT2D eigenvalue weighted by Crippen LogP contribution is -2.38. The lowest BCUT2D eigenvalue weighted by molar-refractivity contribution is -0.173. The number of hydrogen-bond donors (Lipinski definition) is 0. The second kappa shape index (κ2) is 5.64. The first-order valence-electron chi connectivity index (χ1n) is 6.59. The number of carbonyl (C=O) groups excluding carboxylic acids is 1. The van der Waals surface area contributed by atoms with E-state index in [1.165, 1.54) is 6.92 Å². The number of ether oxygens (including phenoxy) is 1. The smallest absolute Gasteiger partial charge is 0.421 e.